The zero-order valence-electron chi connectivity index (χ0n) is 16.2. The summed E-state index contributed by atoms with van der Waals surface area (Å²) in [6, 6.07) is 11.9. The zero-order chi connectivity index (χ0) is 19.8. The summed E-state index contributed by atoms with van der Waals surface area (Å²) in [5.41, 5.74) is 3.78. The Morgan fingerprint density at radius 2 is 1.70 bits per heavy atom. The molecule has 0 radical (unpaired) electrons. The fourth-order valence-corrected chi connectivity index (χ4v) is 4.96. The number of hydrogen-bond acceptors (Lipinski definition) is 3. The quantitative estimate of drug-likeness (QED) is 0.877. The predicted octanol–water partition coefficient (Wildman–Crippen LogP) is 3.29. The molecule has 2 aromatic rings. The van der Waals surface area contributed by atoms with Gasteiger partial charge in [-0.1, -0.05) is 44.2 Å². The maximum absolute atomic E-state index is 13.3. The number of carbonyl (C=O) groups excluding carboxylic acids is 1. The van der Waals surface area contributed by atoms with E-state index in [0.717, 1.165) is 16.7 Å². The average molecular weight is 387 g/mol. The van der Waals surface area contributed by atoms with Crippen LogP contribution in [0.15, 0.2) is 47.4 Å². The first kappa shape index (κ1) is 19.6. The SMILES string of the molecule is Cc1ccc(S(=O)(=O)N2CCNC(=O)C2c2ccc(C(C)C)cc2)cc1C. The first-order valence-electron chi connectivity index (χ1n) is 9.18. The molecule has 0 aliphatic carbocycles. The highest BCUT2D eigenvalue weighted by atomic mass is 32.2. The molecule has 1 N–H and O–H groups in total. The third kappa shape index (κ3) is 3.77. The molecule has 27 heavy (non-hydrogen) atoms. The Hall–Kier alpha value is -2.18. The van der Waals surface area contributed by atoms with E-state index in [1.54, 1.807) is 18.2 Å². The van der Waals surface area contributed by atoms with E-state index in [2.05, 4.69) is 19.2 Å². The minimum atomic E-state index is -3.79. The van der Waals surface area contributed by atoms with E-state index in [4.69, 9.17) is 0 Å². The van der Waals surface area contributed by atoms with Crippen molar-refractivity contribution in [2.24, 2.45) is 0 Å². The number of sulfonamides is 1. The van der Waals surface area contributed by atoms with Crippen LogP contribution >= 0.6 is 0 Å². The van der Waals surface area contributed by atoms with Crippen LogP contribution in [0.4, 0.5) is 0 Å². The van der Waals surface area contributed by atoms with Crippen molar-refractivity contribution < 1.29 is 13.2 Å². The van der Waals surface area contributed by atoms with E-state index in [1.165, 1.54) is 4.31 Å². The molecule has 1 aliphatic heterocycles. The lowest BCUT2D eigenvalue weighted by Gasteiger charge is -2.34. The highest BCUT2D eigenvalue weighted by Crippen LogP contribution is 2.31. The molecule has 144 valence electrons. The maximum atomic E-state index is 13.3. The Kier molecular flexibility index (Phi) is 5.40. The van der Waals surface area contributed by atoms with Gasteiger partial charge < -0.3 is 5.32 Å². The molecular weight excluding hydrogens is 360 g/mol. The van der Waals surface area contributed by atoms with Gasteiger partial charge in [0, 0.05) is 13.1 Å². The van der Waals surface area contributed by atoms with E-state index >= 15 is 0 Å². The Bertz CT molecular complexity index is 950. The van der Waals surface area contributed by atoms with Crippen molar-refractivity contribution in [3.63, 3.8) is 0 Å². The average Bonchev–Trinajstić information content (AvgIpc) is 2.63. The van der Waals surface area contributed by atoms with Gasteiger partial charge in [0.2, 0.25) is 15.9 Å². The van der Waals surface area contributed by atoms with Gasteiger partial charge in [-0.3, -0.25) is 4.79 Å². The van der Waals surface area contributed by atoms with E-state index in [9.17, 15) is 13.2 Å². The van der Waals surface area contributed by atoms with E-state index < -0.39 is 16.1 Å². The molecule has 1 amide bonds. The molecule has 1 fully saturated rings. The molecule has 0 saturated carbocycles. The lowest BCUT2D eigenvalue weighted by molar-refractivity contribution is -0.126. The van der Waals surface area contributed by atoms with Gasteiger partial charge >= 0.3 is 0 Å². The molecule has 1 atom stereocenters. The Morgan fingerprint density at radius 1 is 1.04 bits per heavy atom. The second-order valence-corrected chi connectivity index (χ2v) is 9.27. The Balaban J connectivity index is 2.03. The second-order valence-electron chi connectivity index (χ2n) is 7.38. The summed E-state index contributed by atoms with van der Waals surface area (Å²) in [6.45, 7) is 8.58. The number of piperazine rings is 1. The number of benzene rings is 2. The van der Waals surface area contributed by atoms with Gasteiger partial charge in [0.1, 0.15) is 6.04 Å². The molecule has 1 saturated heterocycles. The lowest BCUT2D eigenvalue weighted by Crippen LogP contribution is -2.52. The summed E-state index contributed by atoms with van der Waals surface area (Å²) >= 11 is 0. The molecule has 1 unspecified atom stereocenters. The fourth-order valence-electron chi connectivity index (χ4n) is 3.30. The third-order valence-corrected chi connectivity index (χ3v) is 7.03. The third-order valence-electron chi connectivity index (χ3n) is 5.17. The van der Waals surface area contributed by atoms with Gasteiger partial charge in [0.15, 0.2) is 0 Å². The normalized spacial score (nSPS) is 18.6. The Morgan fingerprint density at radius 3 is 2.30 bits per heavy atom. The van der Waals surface area contributed by atoms with Crippen LogP contribution in [0.1, 0.15) is 48.1 Å². The van der Waals surface area contributed by atoms with Crippen LogP contribution in [0.5, 0.6) is 0 Å². The van der Waals surface area contributed by atoms with Crippen molar-refractivity contribution in [2.45, 2.75) is 44.6 Å². The summed E-state index contributed by atoms with van der Waals surface area (Å²) in [6.07, 6.45) is 0. The standard InChI is InChI=1S/C21H26N2O3S/c1-14(2)17-6-8-18(9-7-17)20-21(24)22-11-12-23(20)27(25,26)19-10-5-15(3)16(4)13-19/h5-10,13-14,20H,11-12H2,1-4H3,(H,22,24). The maximum Gasteiger partial charge on any atom is 0.244 e. The van der Waals surface area contributed by atoms with Crippen LogP contribution < -0.4 is 5.32 Å². The van der Waals surface area contributed by atoms with Crippen LogP contribution in [0.25, 0.3) is 0 Å². The van der Waals surface area contributed by atoms with Crippen molar-refractivity contribution >= 4 is 15.9 Å². The molecule has 1 aliphatic rings. The van der Waals surface area contributed by atoms with Crippen LogP contribution in [0, 0.1) is 13.8 Å². The molecular formula is C21H26N2O3S. The van der Waals surface area contributed by atoms with Crippen LogP contribution in [0.3, 0.4) is 0 Å². The molecule has 1 heterocycles. The van der Waals surface area contributed by atoms with Crippen molar-refractivity contribution in [3.05, 3.63) is 64.7 Å². The summed E-state index contributed by atoms with van der Waals surface area (Å²) < 4.78 is 27.9. The highest BCUT2D eigenvalue weighted by Gasteiger charge is 2.39. The van der Waals surface area contributed by atoms with Crippen LogP contribution in [-0.2, 0) is 14.8 Å². The smallest absolute Gasteiger partial charge is 0.244 e. The topological polar surface area (TPSA) is 66.5 Å². The number of nitrogens with one attached hydrogen (secondary N) is 1. The van der Waals surface area contributed by atoms with Crippen molar-refractivity contribution in [1.29, 1.82) is 0 Å². The first-order chi connectivity index (χ1) is 12.7. The van der Waals surface area contributed by atoms with Crippen LogP contribution in [0.2, 0.25) is 0 Å². The highest BCUT2D eigenvalue weighted by molar-refractivity contribution is 7.89. The molecule has 3 rings (SSSR count). The van der Waals surface area contributed by atoms with Gasteiger partial charge in [-0.05, 0) is 54.2 Å². The Labute approximate surface area is 161 Å². The number of rotatable bonds is 4. The van der Waals surface area contributed by atoms with Crippen molar-refractivity contribution in [1.82, 2.24) is 9.62 Å². The summed E-state index contributed by atoms with van der Waals surface area (Å²) in [5, 5.41) is 2.80. The largest absolute Gasteiger partial charge is 0.353 e. The zero-order valence-corrected chi connectivity index (χ0v) is 17.0. The number of amides is 1. The molecule has 5 nitrogen and oxygen atoms in total. The summed E-state index contributed by atoms with van der Waals surface area (Å²) in [5.74, 6) is 0.0838. The molecule has 0 aromatic heterocycles. The van der Waals surface area contributed by atoms with Crippen molar-refractivity contribution in [2.75, 3.05) is 13.1 Å². The van der Waals surface area contributed by atoms with Gasteiger partial charge in [0.25, 0.3) is 0 Å². The van der Waals surface area contributed by atoms with Crippen LogP contribution in [-0.4, -0.2) is 31.7 Å². The number of hydrogen-bond donors (Lipinski definition) is 1. The van der Waals surface area contributed by atoms with Gasteiger partial charge in [-0.25, -0.2) is 8.42 Å². The number of nitrogens with zero attached hydrogens (tertiary/aromatic N) is 1. The number of carbonyl (C=O) groups is 1. The summed E-state index contributed by atoms with van der Waals surface area (Å²) in [7, 11) is -3.79. The molecule has 2 aromatic carbocycles. The minimum Gasteiger partial charge on any atom is -0.353 e. The van der Waals surface area contributed by atoms with Crippen molar-refractivity contribution in [3.8, 4) is 0 Å². The van der Waals surface area contributed by atoms with Gasteiger partial charge in [-0.15, -0.1) is 0 Å². The predicted molar refractivity (Wildman–Crippen MR) is 106 cm³/mol. The minimum absolute atomic E-state index is 0.226. The molecule has 0 bridgehead atoms. The van der Waals surface area contributed by atoms with Gasteiger partial charge in [-0.2, -0.15) is 4.31 Å². The van der Waals surface area contributed by atoms with E-state index in [0.29, 0.717) is 18.0 Å². The second kappa shape index (κ2) is 7.44. The van der Waals surface area contributed by atoms with Gasteiger partial charge in [0.05, 0.1) is 4.90 Å². The molecule has 0 spiro atoms. The fraction of sp³-hybridized carbons (Fsp3) is 0.381. The first-order valence-corrected chi connectivity index (χ1v) is 10.6. The lowest BCUT2D eigenvalue weighted by atomic mass is 9.98. The van der Waals surface area contributed by atoms with E-state index in [1.807, 2.05) is 38.1 Å². The number of aryl methyl sites for hydroxylation is 2. The molecule has 6 heteroatoms. The van der Waals surface area contributed by atoms with E-state index in [-0.39, 0.29) is 17.3 Å². The summed E-state index contributed by atoms with van der Waals surface area (Å²) in [4.78, 5) is 12.8. The monoisotopic (exact) mass is 386 g/mol.